The average Bonchev–Trinajstić information content (AvgIpc) is 4.24. The zero-order valence-electron chi connectivity index (χ0n) is 37.6. The molecular formula is C53H51N13O. The Labute approximate surface area is 388 Å². The number of anilines is 2. The van der Waals surface area contributed by atoms with Crippen LogP contribution in [0, 0.1) is 0 Å². The Bertz CT molecular complexity index is 3340. The maximum atomic E-state index is 9.92. The van der Waals surface area contributed by atoms with Crippen molar-refractivity contribution in [2.45, 2.75) is 57.7 Å². The molecule has 2 aliphatic heterocycles. The Kier molecular flexibility index (Phi) is 11.5. The van der Waals surface area contributed by atoms with E-state index in [4.69, 9.17) is 15.0 Å². The highest BCUT2D eigenvalue weighted by molar-refractivity contribution is 5.97. The fourth-order valence-electron chi connectivity index (χ4n) is 9.74. The first-order chi connectivity index (χ1) is 33.0. The Hall–Kier alpha value is -7.68. The molecule has 4 aromatic carbocycles. The number of benzene rings is 4. The molecule has 2 aliphatic rings. The van der Waals surface area contributed by atoms with E-state index in [0.717, 1.165) is 113 Å². The summed E-state index contributed by atoms with van der Waals surface area (Å²) in [5, 5.41) is 27.4. The monoisotopic (exact) mass is 885 g/mol. The highest BCUT2D eigenvalue weighted by Crippen LogP contribution is 2.40. The second-order valence-corrected chi connectivity index (χ2v) is 17.6. The van der Waals surface area contributed by atoms with E-state index < -0.39 is 0 Å². The van der Waals surface area contributed by atoms with Gasteiger partial charge in [-0.15, -0.1) is 0 Å². The van der Waals surface area contributed by atoms with Crippen LogP contribution in [-0.2, 0) is 0 Å². The molecule has 0 radical (unpaired) electrons. The second-order valence-electron chi connectivity index (χ2n) is 17.6. The molecule has 12 rings (SSSR count). The summed E-state index contributed by atoms with van der Waals surface area (Å²) in [6.45, 7) is 7.18. The molecule has 14 nitrogen and oxygen atoms in total. The van der Waals surface area contributed by atoms with Crippen molar-refractivity contribution in [2.24, 2.45) is 0 Å². The number of pyridine rings is 2. The summed E-state index contributed by atoms with van der Waals surface area (Å²) in [5.41, 5.74) is 9.32. The van der Waals surface area contributed by atoms with E-state index >= 15 is 0 Å². The third-order valence-electron chi connectivity index (χ3n) is 13.0. The standard InChI is InChI=1S/C28H29N7.C25H22N6O/c1-19(2)30-17-24-8-5-15-34(24)28-33-26(21-11-13-29-14-12-21)25(27-31-18-32-35(27)28)23-10-9-20-6-3-4-7-22(20)16-23;32-15-21-6-3-13-30(21)25-29-23(18-9-11-26-12-10-18)22(24-27-16-28-31(24)25)20-8-7-17-4-1-2-5-19(17)14-20/h3-4,6-7,9-14,16,18-19,24,30H,5,8,15,17H2,1-2H3;1-2,4-5,7-12,14,16,21,32H,3,6,13,15H2/t24-;21-/m11/s1. The molecule has 0 aliphatic carbocycles. The SMILES string of the molecule is CC(C)NC[C@H]1CCCN1c1nc(-c2ccncc2)c(-c2ccc3ccccc3c2)c2ncnn12.OC[C@H]1CCCN1c1nc(-c2ccncc2)c(-c2ccc3ccccc3c2)c2ncnn12. The van der Waals surface area contributed by atoms with Gasteiger partial charge in [-0.05, 0) is 94.8 Å². The Morgan fingerprint density at radius 3 is 1.51 bits per heavy atom. The zero-order chi connectivity index (χ0) is 45.3. The summed E-state index contributed by atoms with van der Waals surface area (Å²) in [7, 11) is 0. The van der Waals surface area contributed by atoms with Gasteiger partial charge >= 0.3 is 0 Å². The molecule has 8 heterocycles. The number of aliphatic hydroxyl groups is 1. The third kappa shape index (κ3) is 8.08. The summed E-state index contributed by atoms with van der Waals surface area (Å²) in [5.74, 6) is 1.56. The van der Waals surface area contributed by atoms with E-state index in [1.165, 1.54) is 16.2 Å². The van der Waals surface area contributed by atoms with Crippen LogP contribution in [-0.4, -0.2) is 98.6 Å². The van der Waals surface area contributed by atoms with Crippen LogP contribution >= 0.6 is 0 Å². The average molecular weight is 886 g/mol. The smallest absolute Gasteiger partial charge is 0.229 e. The van der Waals surface area contributed by atoms with Gasteiger partial charge in [0.15, 0.2) is 11.3 Å². The van der Waals surface area contributed by atoms with Gasteiger partial charge in [0.1, 0.15) is 12.7 Å². The maximum Gasteiger partial charge on any atom is 0.229 e. The number of nitrogens with one attached hydrogen (secondary N) is 1. The lowest BCUT2D eigenvalue weighted by atomic mass is 9.98. The summed E-state index contributed by atoms with van der Waals surface area (Å²) in [4.78, 5) is 32.8. The minimum absolute atomic E-state index is 0.0340. The van der Waals surface area contributed by atoms with Crippen LogP contribution in [0.5, 0.6) is 0 Å². The van der Waals surface area contributed by atoms with Crippen molar-refractivity contribution < 1.29 is 5.11 Å². The highest BCUT2D eigenvalue weighted by Gasteiger charge is 2.32. The first kappa shape index (κ1) is 42.0. The Morgan fingerprint density at radius 2 is 1.03 bits per heavy atom. The zero-order valence-corrected chi connectivity index (χ0v) is 37.6. The van der Waals surface area contributed by atoms with Gasteiger partial charge in [-0.1, -0.05) is 86.6 Å². The minimum Gasteiger partial charge on any atom is -0.394 e. The highest BCUT2D eigenvalue weighted by atomic mass is 16.3. The van der Waals surface area contributed by atoms with Gasteiger partial charge in [0.2, 0.25) is 11.9 Å². The molecule has 0 spiro atoms. The number of rotatable bonds is 10. The van der Waals surface area contributed by atoms with E-state index in [2.05, 4.69) is 127 Å². The summed E-state index contributed by atoms with van der Waals surface area (Å²) in [6.07, 6.45) is 14.6. The fraction of sp³-hybridized carbons (Fsp3) is 0.245. The quantitative estimate of drug-likeness (QED) is 0.135. The van der Waals surface area contributed by atoms with Crippen molar-refractivity contribution in [2.75, 3.05) is 36.0 Å². The maximum absolute atomic E-state index is 9.92. The van der Waals surface area contributed by atoms with E-state index in [1.54, 1.807) is 25.0 Å². The lowest BCUT2D eigenvalue weighted by Crippen LogP contribution is -2.41. The predicted octanol–water partition coefficient (Wildman–Crippen LogP) is 8.94. The van der Waals surface area contributed by atoms with E-state index in [1.807, 2.05) is 57.8 Å². The molecule has 0 amide bonds. The number of hydrogen-bond acceptors (Lipinski definition) is 12. The molecule has 14 heteroatoms. The Morgan fingerprint density at radius 1 is 0.567 bits per heavy atom. The van der Waals surface area contributed by atoms with Gasteiger partial charge in [-0.3, -0.25) is 9.97 Å². The number of aliphatic hydroxyl groups excluding tert-OH is 1. The molecule has 334 valence electrons. The first-order valence-corrected chi connectivity index (χ1v) is 23.2. The largest absolute Gasteiger partial charge is 0.394 e. The van der Waals surface area contributed by atoms with Crippen LogP contribution in [0.2, 0.25) is 0 Å². The van der Waals surface area contributed by atoms with Crippen molar-refractivity contribution in [3.05, 3.63) is 147 Å². The molecule has 0 saturated carbocycles. The molecule has 0 unspecified atom stereocenters. The van der Waals surface area contributed by atoms with E-state index in [-0.39, 0.29) is 12.6 Å². The summed E-state index contributed by atoms with van der Waals surface area (Å²) < 4.78 is 3.73. The van der Waals surface area contributed by atoms with Crippen molar-refractivity contribution >= 4 is 44.7 Å². The van der Waals surface area contributed by atoms with Gasteiger partial charge in [0, 0.05) is 67.6 Å². The summed E-state index contributed by atoms with van der Waals surface area (Å²) >= 11 is 0. The molecule has 2 N–H and O–H groups in total. The van der Waals surface area contributed by atoms with Crippen LogP contribution in [0.3, 0.4) is 0 Å². The molecule has 2 saturated heterocycles. The van der Waals surface area contributed by atoms with Gasteiger partial charge in [-0.25, -0.2) is 19.9 Å². The van der Waals surface area contributed by atoms with Gasteiger partial charge in [0.05, 0.1) is 35.2 Å². The number of nitrogens with zero attached hydrogens (tertiary/aromatic N) is 12. The van der Waals surface area contributed by atoms with Gasteiger partial charge < -0.3 is 20.2 Å². The van der Waals surface area contributed by atoms with Crippen LogP contribution < -0.4 is 15.1 Å². The molecule has 6 aromatic heterocycles. The minimum atomic E-state index is 0.0340. The number of aromatic nitrogens is 10. The molecule has 2 fully saturated rings. The predicted molar refractivity (Wildman–Crippen MR) is 265 cm³/mol. The van der Waals surface area contributed by atoms with Crippen LogP contribution in [0.15, 0.2) is 147 Å². The second kappa shape index (κ2) is 18.3. The Balaban J connectivity index is 0.000000148. The van der Waals surface area contributed by atoms with E-state index in [0.29, 0.717) is 18.0 Å². The number of fused-ring (bicyclic) bond motifs is 4. The fourth-order valence-corrected chi connectivity index (χ4v) is 9.74. The molecule has 67 heavy (non-hydrogen) atoms. The van der Waals surface area contributed by atoms with Crippen molar-refractivity contribution in [3.8, 4) is 44.8 Å². The first-order valence-electron chi connectivity index (χ1n) is 23.2. The normalized spacial score (nSPS) is 16.2. The topological polar surface area (TPSA) is 151 Å². The van der Waals surface area contributed by atoms with Crippen LogP contribution in [0.4, 0.5) is 11.9 Å². The third-order valence-corrected chi connectivity index (χ3v) is 13.0. The van der Waals surface area contributed by atoms with Gasteiger partial charge in [-0.2, -0.15) is 19.2 Å². The van der Waals surface area contributed by atoms with Crippen LogP contribution in [0.1, 0.15) is 39.5 Å². The molecular weight excluding hydrogens is 835 g/mol. The molecule has 2 atom stereocenters. The molecule has 0 bridgehead atoms. The summed E-state index contributed by atoms with van der Waals surface area (Å²) in [6, 6.07) is 38.5. The van der Waals surface area contributed by atoms with E-state index in [9.17, 15) is 5.11 Å². The lowest BCUT2D eigenvalue weighted by Gasteiger charge is -2.28. The number of hydrogen-bond donors (Lipinski definition) is 2. The molecule has 10 aromatic rings. The van der Waals surface area contributed by atoms with Crippen molar-refractivity contribution in [3.63, 3.8) is 0 Å². The van der Waals surface area contributed by atoms with Crippen LogP contribution in [0.25, 0.3) is 77.6 Å². The van der Waals surface area contributed by atoms with Crippen molar-refractivity contribution in [1.82, 2.24) is 54.4 Å². The van der Waals surface area contributed by atoms with Gasteiger partial charge in [0.25, 0.3) is 0 Å². The van der Waals surface area contributed by atoms with Crippen molar-refractivity contribution in [1.29, 1.82) is 0 Å². The lowest BCUT2D eigenvalue weighted by molar-refractivity contribution is 0.265.